The third-order valence-electron chi connectivity index (χ3n) is 4.68. The summed E-state index contributed by atoms with van der Waals surface area (Å²) in [7, 11) is 1.84. The zero-order chi connectivity index (χ0) is 16.5. The van der Waals surface area contributed by atoms with Crippen LogP contribution in [0.25, 0.3) is 0 Å². The number of nitrogens with one attached hydrogen (secondary N) is 2. The van der Waals surface area contributed by atoms with E-state index in [1.54, 1.807) is 0 Å². The molecule has 0 saturated carbocycles. The lowest BCUT2D eigenvalue weighted by atomic mass is 10.2. The maximum atomic E-state index is 4.32. The minimum Gasteiger partial charge on any atom is -0.356 e. The first-order chi connectivity index (χ1) is 11.2. The summed E-state index contributed by atoms with van der Waals surface area (Å²) in [5.41, 5.74) is 0. The summed E-state index contributed by atoms with van der Waals surface area (Å²) in [4.78, 5) is 11.1. The minimum absolute atomic E-state index is 0.655. The summed E-state index contributed by atoms with van der Waals surface area (Å²) in [5, 5.41) is 6.89. The first kappa shape index (κ1) is 17.8. The van der Waals surface area contributed by atoms with Crippen LogP contribution in [0.4, 0.5) is 0 Å². The minimum atomic E-state index is 0.655. The number of likely N-dealkylation sites (N-methyl/N-ethyl adjacent to an activating group) is 1. The maximum absolute atomic E-state index is 4.32. The molecule has 2 rings (SSSR count). The standard InChI is InChI=1S/C17H32N6/c1-4-22-12-7-8-16(22)14-21-17(18-3)20-9-5-6-11-23-13-10-19-15(23)2/h10,13,16H,4-9,11-12,14H2,1-3H3,(H2,18,20,21). The van der Waals surface area contributed by atoms with E-state index in [9.17, 15) is 0 Å². The lowest BCUT2D eigenvalue weighted by Gasteiger charge is -2.24. The number of likely N-dealkylation sites (tertiary alicyclic amines) is 1. The molecule has 1 aliphatic rings. The van der Waals surface area contributed by atoms with E-state index in [4.69, 9.17) is 0 Å². The zero-order valence-electron chi connectivity index (χ0n) is 14.9. The highest BCUT2D eigenvalue weighted by Crippen LogP contribution is 2.15. The molecule has 0 aromatic carbocycles. The highest BCUT2D eigenvalue weighted by atomic mass is 15.2. The molecule has 1 aromatic rings. The molecule has 1 fully saturated rings. The second-order valence-corrected chi connectivity index (χ2v) is 6.18. The lowest BCUT2D eigenvalue weighted by molar-refractivity contribution is 0.267. The largest absolute Gasteiger partial charge is 0.356 e. The first-order valence-electron chi connectivity index (χ1n) is 8.91. The summed E-state index contributed by atoms with van der Waals surface area (Å²) in [6.07, 6.45) is 8.80. The Bertz CT molecular complexity index is 481. The van der Waals surface area contributed by atoms with E-state index in [-0.39, 0.29) is 0 Å². The van der Waals surface area contributed by atoms with Crippen LogP contribution in [0.1, 0.15) is 38.4 Å². The molecule has 130 valence electrons. The van der Waals surface area contributed by atoms with Gasteiger partial charge in [-0.3, -0.25) is 9.89 Å². The molecule has 2 heterocycles. The molecule has 0 aliphatic carbocycles. The number of imidazole rings is 1. The van der Waals surface area contributed by atoms with Gasteiger partial charge in [0, 0.05) is 45.1 Å². The van der Waals surface area contributed by atoms with Crippen LogP contribution < -0.4 is 10.6 Å². The van der Waals surface area contributed by atoms with Crippen molar-refractivity contribution in [3.63, 3.8) is 0 Å². The molecule has 1 unspecified atom stereocenters. The van der Waals surface area contributed by atoms with Crippen LogP contribution in [0.3, 0.4) is 0 Å². The van der Waals surface area contributed by atoms with Gasteiger partial charge in [0.25, 0.3) is 0 Å². The summed E-state index contributed by atoms with van der Waals surface area (Å²) in [6.45, 7) is 9.65. The van der Waals surface area contributed by atoms with E-state index >= 15 is 0 Å². The van der Waals surface area contributed by atoms with Crippen LogP contribution in [-0.2, 0) is 6.54 Å². The molecule has 1 atom stereocenters. The molecule has 0 spiro atoms. The topological polar surface area (TPSA) is 57.5 Å². The van der Waals surface area contributed by atoms with Crippen LogP contribution in [0.5, 0.6) is 0 Å². The highest BCUT2D eigenvalue weighted by Gasteiger charge is 2.22. The van der Waals surface area contributed by atoms with Gasteiger partial charge in [0.1, 0.15) is 5.82 Å². The molecule has 0 radical (unpaired) electrons. The van der Waals surface area contributed by atoms with Gasteiger partial charge in [0.15, 0.2) is 5.96 Å². The van der Waals surface area contributed by atoms with E-state index in [1.165, 1.54) is 19.4 Å². The van der Waals surface area contributed by atoms with Crippen LogP contribution >= 0.6 is 0 Å². The number of hydrogen-bond acceptors (Lipinski definition) is 3. The van der Waals surface area contributed by atoms with Crippen LogP contribution in [0.2, 0.25) is 0 Å². The summed E-state index contributed by atoms with van der Waals surface area (Å²) in [6, 6.07) is 0.655. The Hall–Kier alpha value is -1.56. The van der Waals surface area contributed by atoms with Crippen molar-refractivity contribution in [2.45, 2.75) is 52.1 Å². The fourth-order valence-electron chi connectivity index (χ4n) is 3.23. The van der Waals surface area contributed by atoms with Crippen molar-refractivity contribution in [1.29, 1.82) is 0 Å². The van der Waals surface area contributed by atoms with E-state index < -0.39 is 0 Å². The number of aliphatic imine (C=N–C) groups is 1. The molecule has 6 heteroatoms. The third-order valence-corrected chi connectivity index (χ3v) is 4.68. The smallest absolute Gasteiger partial charge is 0.191 e. The van der Waals surface area contributed by atoms with Crippen LogP contribution in [0, 0.1) is 6.92 Å². The second kappa shape index (κ2) is 9.55. The number of unbranched alkanes of at least 4 members (excludes halogenated alkanes) is 1. The number of aryl methyl sites for hydroxylation is 2. The normalized spacial score (nSPS) is 19.3. The van der Waals surface area contributed by atoms with Crippen molar-refractivity contribution >= 4 is 5.96 Å². The lowest BCUT2D eigenvalue weighted by Crippen LogP contribution is -2.45. The maximum Gasteiger partial charge on any atom is 0.191 e. The van der Waals surface area contributed by atoms with Gasteiger partial charge < -0.3 is 15.2 Å². The molecule has 1 aliphatic heterocycles. The first-order valence-corrected chi connectivity index (χ1v) is 8.91. The predicted octanol–water partition coefficient (Wildman–Crippen LogP) is 1.62. The van der Waals surface area contributed by atoms with E-state index in [0.717, 1.165) is 50.8 Å². The van der Waals surface area contributed by atoms with Crippen molar-refractivity contribution in [3.05, 3.63) is 18.2 Å². The third kappa shape index (κ3) is 5.53. The van der Waals surface area contributed by atoms with Gasteiger partial charge in [0.2, 0.25) is 0 Å². The Morgan fingerprint density at radius 3 is 2.96 bits per heavy atom. The van der Waals surface area contributed by atoms with Crippen molar-refractivity contribution in [3.8, 4) is 0 Å². The number of aromatic nitrogens is 2. The molecule has 1 aromatic heterocycles. The van der Waals surface area contributed by atoms with Gasteiger partial charge >= 0.3 is 0 Å². The Balaban J connectivity index is 1.59. The van der Waals surface area contributed by atoms with Crippen molar-refractivity contribution in [2.75, 3.05) is 33.2 Å². The predicted molar refractivity (Wildman–Crippen MR) is 95.8 cm³/mol. The average Bonchev–Trinajstić information content (AvgIpc) is 3.18. The van der Waals surface area contributed by atoms with Crippen LogP contribution in [0.15, 0.2) is 17.4 Å². The molecular weight excluding hydrogens is 288 g/mol. The number of guanidine groups is 1. The van der Waals surface area contributed by atoms with E-state index in [0.29, 0.717) is 6.04 Å². The summed E-state index contributed by atoms with van der Waals surface area (Å²) < 4.78 is 2.20. The molecule has 23 heavy (non-hydrogen) atoms. The molecule has 2 N–H and O–H groups in total. The quantitative estimate of drug-likeness (QED) is 0.434. The van der Waals surface area contributed by atoms with E-state index in [2.05, 4.69) is 37.0 Å². The molecule has 6 nitrogen and oxygen atoms in total. The number of hydrogen-bond donors (Lipinski definition) is 2. The van der Waals surface area contributed by atoms with Gasteiger partial charge in [0.05, 0.1) is 0 Å². The van der Waals surface area contributed by atoms with Crippen LogP contribution in [-0.4, -0.2) is 59.7 Å². The second-order valence-electron chi connectivity index (χ2n) is 6.18. The molecular formula is C17H32N6. The average molecular weight is 320 g/mol. The summed E-state index contributed by atoms with van der Waals surface area (Å²) >= 11 is 0. The van der Waals surface area contributed by atoms with E-state index in [1.807, 2.05) is 26.4 Å². The number of nitrogens with zero attached hydrogens (tertiary/aromatic N) is 4. The van der Waals surface area contributed by atoms with Gasteiger partial charge in [-0.05, 0) is 45.7 Å². The number of rotatable bonds is 8. The van der Waals surface area contributed by atoms with Crippen molar-refractivity contribution < 1.29 is 0 Å². The molecule has 0 bridgehead atoms. The Labute approximate surface area is 140 Å². The monoisotopic (exact) mass is 320 g/mol. The fraction of sp³-hybridized carbons (Fsp3) is 0.765. The Morgan fingerprint density at radius 1 is 1.39 bits per heavy atom. The van der Waals surface area contributed by atoms with Gasteiger partial charge in [-0.15, -0.1) is 0 Å². The fourth-order valence-corrected chi connectivity index (χ4v) is 3.23. The van der Waals surface area contributed by atoms with Crippen molar-refractivity contribution in [2.24, 2.45) is 4.99 Å². The summed E-state index contributed by atoms with van der Waals surface area (Å²) in [5.74, 6) is 2.01. The zero-order valence-corrected chi connectivity index (χ0v) is 14.9. The van der Waals surface area contributed by atoms with Gasteiger partial charge in [-0.25, -0.2) is 4.98 Å². The van der Waals surface area contributed by atoms with Gasteiger partial charge in [-0.2, -0.15) is 0 Å². The Kier molecular flexibility index (Phi) is 7.39. The molecule has 0 amide bonds. The Morgan fingerprint density at radius 2 is 2.26 bits per heavy atom. The SMILES string of the molecule is CCN1CCCC1CNC(=NC)NCCCCn1ccnc1C. The van der Waals surface area contributed by atoms with Gasteiger partial charge in [-0.1, -0.05) is 6.92 Å². The highest BCUT2D eigenvalue weighted by molar-refractivity contribution is 5.79. The van der Waals surface area contributed by atoms with Crippen molar-refractivity contribution in [1.82, 2.24) is 25.1 Å². The molecule has 1 saturated heterocycles.